The second kappa shape index (κ2) is 14.2. The zero-order valence-corrected chi connectivity index (χ0v) is 30.0. The third kappa shape index (κ3) is 6.15. The SMILES string of the molecule is CN(C(=O)c1c(C=O)cccc1-n1c2ccc(-c3ccncc3)cc2c2cc(-c3ccncc3)ccc21)c1cc(-c2ccccc2)cc(-c2ccccc2)c1. The van der Waals surface area contributed by atoms with Crippen molar-refractivity contribution in [2.24, 2.45) is 0 Å². The molecule has 0 N–H and O–H groups in total. The summed E-state index contributed by atoms with van der Waals surface area (Å²) in [6.07, 6.45) is 7.95. The van der Waals surface area contributed by atoms with E-state index in [1.54, 1.807) is 42.8 Å². The summed E-state index contributed by atoms with van der Waals surface area (Å²) in [5, 5.41) is 2.04. The van der Waals surface area contributed by atoms with E-state index in [9.17, 15) is 4.79 Å². The van der Waals surface area contributed by atoms with Gasteiger partial charge in [0.05, 0.1) is 22.3 Å². The predicted octanol–water partition coefficient (Wildman–Crippen LogP) is 11.3. The lowest BCUT2D eigenvalue weighted by atomic mass is 9.97. The van der Waals surface area contributed by atoms with Gasteiger partial charge in [0.25, 0.3) is 5.91 Å². The van der Waals surface area contributed by atoms with Crippen LogP contribution in [0.15, 0.2) is 183 Å². The molecular formula is C49H34N4O2. The molecule has 6 aromatic carbocycles. The van der Waals surface area contributed by atoms with Gasteiger partial charge >= 0.3 is 0 Å². The van der Waals surface area contributed by atoms with Crippen LogP contribution in [-0.4, -0.2) is 33.8 Å². The number of rotatable bonds is 8. The Kier molecular flexibility index (Phi) is 8.61. The van der Waals surface area contributed by atoms with Crippen LogP contribution in [0.4, 0.5) is 5.69 Å². The topological polar surface area (TPSA) is 68.1 Å². The van der Waals surface area contributed by atoms with Crippen LogP contribution in [0, 0.1) is 0 Å². The van der Waals surface area contributed by atoms with Gasteiger partial charge in [-0.15, -0.1) is 0 Å². The highest BCUT2D eigenvalue weighted by Gasteiger charge is 2.25. The highest BCUT2D eigenvalue weighted by atomic mass is 16.2. The number of pyridine rings is 2. The van der Waals surface area contributed by atoms with E-state index in [1.165, 1.54) is 0 Å². The number of hydrogen-bond acceptors (Lipinski definition) is 4. The molecule has 6 heteroatoms. The zero-order chi connectivity index (χ0) is 37.3. The molecule has 6 nitrogen and oxygen atoms in total. The molecule has 55 heavy (non-hydrogen) atoms. The Morgan fingerprint density at radius 1 is 0.509 bits per heavy atom. The van der Waals surface area contributed by atoms with Gasteiger partial charge in [0.15, 0.2) is 6.29 Å². The predicted molar refractivity (Wildman–Crippen MR) is 223 cm³/mol. The number of nitrogens with zero attached hydrogens (tertiary/aromatic N) is 4. The lowest BCUT2D eigenvalue weighted by molar-refractivity contribution is 0.0986. The molecule has 9 rings (SSSR count). The van der Waals surface area contributed by atoms with Crippen molar-refractivity contribution < 1.29 is 9.59 Å². The Balaban J connectivity index is 1.24. The molecule has 0 spiro atoms. The van der Waals surface area contributed by atoms with Crippen LogP contribution in [-0.2, 0) is 0 Å². The van der Waals surface area contributed by atoms with Gasteiger partial charge in [-0.2, -0.15) is 0 Å². The van der Waals surface area contributed by atoms with E-state index >= 15 is 4.79 Å². The van der Waals surface area contributed by atoms with E-state index in [4.69, 9.17) is 0 Å². The van der Waals surface area contributed by atoms with Gasteiger partial charge < -0.3 is 9.47 Å². The highest BCUT2D eigenvalue weighted by molar-refractivity contribution is 6.16. The molecule has 3 aromatic heterocycles. The lowest BCUT2D eigenvalue weighted by Crippen LogP contribution is -2.28. The van der Waals surface area contributed by atoms with Crippen LogP contribution in [0.1, 0.15) is 20.7 Å². The van der Waals surface area contributed by atoms with E-state index < -0.39 is 0 Å². The zero-order valence-electron chi connectivity index (χ0n) is 30.0. The molecule has 0 radical (unpaired) electrons. The van der Waals surface area contributed by atoms with E-state index in [0.717, 1.165) is 72.6 Å². The monoisotopic (exact) mass is 710 g/mol. The number of aldehydes is 1. The molecule has 0 saturated heterocycles. The normalized spacial score (nSPS) is 11.1. The number of benzene rings is 6. The van der Waals surface area contributed by atoms with E-state index in [-0.39, 0.29) is 5.91 Å². The maximum Gasteiger partial charge on any atom is 0.260 e. The molecule has 0 fully saturated rings. The standard InChI is InChI=1S/C49H34N4O2/c1-52(42-28-40(33-9-4-2-5-10-33)27-41(29-42)34-11-6-3-7-12-34)49(55)48-39(32-54)13-8-14-47(48)53-45-17-15-37(35-19-23-50-24-20-35)30-43(45)44-31-38(16-18-46(44)53)36-21-25-51-26-22-36/h2-32H,1H3. The molecule has 0 atom stereocenters. The first-order valence-corrected chi connectivity index (χ1v) is 18.1. The number of anilines is 1. The second-order valence-corrected chi connectivity index (χ2v) is 13.5. The summed E-state index contributed by atoms with van der Waals surface area (Å²) in [4.78, 5) is 37.9. The first kappa shape index (κ1) is 33.4. The van der Waals surface area contributed by atoms with E-state index in [2.05, 4.69) is 81.3 Å². The molecule has 0 saturated carbocycles. The molecule has 0 aliphatic rings. The van der Waals surface area contributed by atoms with Crippen molar-refractivity contribution in [1.29, 1.82) is 0 Å². The Labute approximate surface area is 318 Å². The number of hydrogen-bond donors (Lipinski definition) is 0. The third-order valence-corrected chi connectivity index (χ3v) is 10.3. The molecule has 9 aromatic rings. The summed E-state index contributed by atoms with van der Waals surface area (Å²) >= 11 is 0. The number of carbonyl (C=O) groups excluding carboxylic acids is 2. The number of fused-ring (bicyclic) bond motifs is 3. The van der Waals surface area contributed by atoms with Crippen molar-refractivity contribution in [1.82, 2.24) is 14.5 Å². The van der Waals surface area contributed by atoms with E-state index in [0.29, 0.717) is 22.5 Å². The summed E-state index contributed by atoms with van der Waals surface area (Å²) in [5.41, 5.74) is 12.0. The average molecular weight is 711 g/mol. The van der Waals surface area contributed by atoms with E-state index in [1.807, 2.05) is 84.9 Å². The summed E-state index contributed by atoms with van der Waals surface area (Å²) in [7, 11) is 1.78. The fourth-order valence-electron chi connectivity index (χ4n) is 7.49. The molecule has 1 amide bonds. The molecule has 3 heterocycles. The van der Waals surface area contributed by atoms with Gasteiger partial charge in [0, 0.05) is 53.9 Å². The molecule has 0 aliphatic heterocycles. The van der Waals surface area contributed by atoms with Gasteiger partial charge in [-0.1, -0.05) is 84.9 Å². The summed E-state index contributed by atoms with van der Waals surface area (Å²) in [6.45, 7) is 0. The molecule has 262 valence electrons. The fraction of sp³-hybridized carbons (Fsp3) is 0.0204. The Morgan fingerprint density at radius 3 is 1.49 bits per heavy atom. The van der Waals surface area contributed by atoms with Crippen molar-refractivity contribution in [2.75, 3.05) is 11.9 Å². The van der Waals surface area contributed by atoms with Gasteiger partial charge in [-0.05, 0) is 117 Å². The van der Waals surface area contributed by atoms with Crippen LogP contribution in [0.3, 0.4) is 0 Å². The van der Waals surface area contributed by atoms with Gasteiger partial charge in [0.1, 0.15) is 0 Å². The molecule has 0 bridgehead atoms. The minimum absolute atomic E-state index is 0.293. The lowest BCUT2D eigenvalue weighted by Gasteiger charge is -2.23. The van der Waals surface area contributed by atoms with Gasteiger partial charge in [-0.25, -0.2) is 0 Å². The Bertz CT molecular complexity index is 2700. The van der Waals surface area contributed by atoms with Crippen LogP contribution < -0.4 is 4.90 Å². The fourth-order valence-corrected chi connectivity index (χ4v) is 7.49. The maximum absolute atomic E-state index is 15.0. The smallest absolute Gasteiger partial charge is 0.260 e. The summed E-state index contributed by atoms with van der Waals surface area (Å²) in [6, 6.07) is 52.7. The minimum Gasteiger partial charge on any atom is -0.311 e. The summed E-state index contributed by atoms with van der Waals surface area (Å²) < 4.78 is 2.11. The largest absolute Gasteiger partial charge is 0.311 e. The molecule has 0 aliphatic carbocycles. The maximum atomic E-state index is 15.0. The average Bonchev–Trinajstić information content (AvgIpc) is 3.59. The highest BCUT2D eigenvalue weighted by Crippen LogP contribution is 2.39. The molecule has 0 unspecified atom stereocenters. The minimum atomic E-state index is -0.293. The van der Waals surface area contributed by atoms with Crippen LogP contribution in [0.25, 0.3) is 72.0 Å². The number of carbonyl (C=O) groups is 2. The Morgan fingerprint density at radius 2 is 1.00 bits per heavy atom. The Hall–Kier alpha value is -7.44. The van der Waals surface area contributed by atoms with Crippen molar-refractivity contribution >= 4 is 39.7 Å². The van der Waals surface area contributed by atoms with Crippen LogP contribution in [0.5, 0.6) is 0 Å². The molecular weight excluding hydrogens is 677 g/mol. The third-order valence-electron chi connectivity index (χ3n) is 10.3. The number of amides is 1. The van der Waals surface area contributed by atoms with Crippen LogP contribution in [0.2, 0.25) is 0 Å². The van der Waals surface area contributed by atoms with Crippen LogP contribution >= 0.6 is 0 Å². The summed E-state index contributed by atoms with van der Waals surface area (Å²) in [5.74, 6) is -0.293. The number of aromatic nitrogens is 3. The first-order valence-electron chi connectivity index (χ1n) is 18.1. The first-order chi connectivity index (χ1) is 27.1. The van der Waals surface area contributed by atoms with Crippen molar-refractivity contribution in [3.8, 4) is 50.2 Å². The van der Waals surface area contributed by atoms with Gasteiger partial charge in [0.2, 0.25) is 0 Å². The second-order valence-electron chi connectivity index (χ2n) is 13.5. The van der Waals surface area contributed by atoms with Crippen molar-refractivity contribution in [3.05, 3.63) is 194 Å². The van der Waals surface area contributed by atoms with Crippen molar-refractivity contribution in [2.45, 2.75) is 0 Å². The van der Waals surface area contributed by atoms with Gasteiger partial charge in [-0.3, -0.25) is 19.6 Å². The van der Waals surface area contributed by atoms with Crippen molar-refractivity contribution in [3.63, 3.8) is 0 Å². The quantitative estimate of drug-likeness (QED) is 0.147.